The Balaban J connectivity index is 0.00000228. The van der Waals surface area contributed by atoms with Gasteiger partial charge < -0.3 is 38.5 Å². The van der Waals surface area contributed by atoms with Gasteiger partial charge in [-0.15, -0.1) is 0 Å². The number of benzene rings is 3. The summed E-state index contributed by atoms with van der Waals surface area (Å²) in [5.74, 6) is -3.81. The number of amides is 1. The number of hydrogen-bond donors (Lipinski definition) is 1. The number of Topliss-reactive ketones (excluding diaryl/α,β-unsaturated/α-hetero) is 1. The van der Waals surface area contributed by atoms with Crippen LogP contribution in [0.3, 0.4) is 0 Å². The summed E-state index contributed by atoms with van der Waals surface area (Å²) in [5, 5.41) is 48.4. The molecule has 0 spiro atoms. The number of nitro groups is 4. The Labute approximate surface area is 343 Å². The van der Waals surface area contributed by atoms with Crippen LogP contribution in [0, 0.1) is 40.5 Å². The van der Waals surface area contributed by atoms with Crippen LogP contribution in [0.15, 0.2) is 48.5 Å². The van der Waals surface area contributed by atoms with Crippen molar-refractivity contribution >= 4 is 46.4 Å². The number of carbonyl (C=O) groups excluding carboxylic acids is 4. The highest BCUT2D eigenvalue weighted by Gasteiger charge is 2.42. The van der Waals surface area contributed by atoms with E-state index in [4.69, 9.17) is 33.2 Å². The summed E-state index contributed by atoms with van der Waals surface area (Å²) < 4.78 is 39.2. The lowest BCUT2D eigenvalue weighted by atomic mass is 9.97. The van der Waals surface area contributed by atoms with Crippen LogP contribution in [0.1, 0.15) is 76.2 Å². The summed E-state index contributed by atoms with van der Waals surface area (Å²) in [6, 6.07) is 7.34. The smallest absolute Gasteiger partial charge is 0.346 e. The third-order valence-corrected chi connectivity index (χ3v) is 9.17. The first-order valence-electron chi connectivity index (χ1n) is 18.4. The predicted molar refractivity (Wildman–Crippen MR) is 202 cm³/mol. The number of nitrogens with one attached hydrogen (secondary N) is 1. The minimum Gasteiger partial charge on any atom is -0.459 e. The monoisotopic (exact) mass is 855 g/mol. The van der Waals surface area contributed by atoms with E-state index < -0.39 is 121 Å². The molecule has 1 N–H and O–H groups in total. The lowest BCUT2D eigenvalue weighted by Crippen LogP contribution is -2.49. The van der Waals surface area contributed by atoms with Gasteiger partial charge in [0.2, 0.25) is 12.9 Å². The van der Waals surface area contributed by atoms with Crippen LogP contribution in [-0.4, -0.2) is 94.5 Å². The maximum atomic E-state index is 13.9. The van der Waals surface area contributed by atoms with Crippen LogP contribution in [0.25, 0.3) is 0 Å². The number of methoxy groups -OCH3 is 1. The zero-order valence-corrected chi connectivity index (χ0v) is 32.5. The molecule has 4 unspecified atom stereocenters. The van der Waals surface area contributed by atoms with Crippen molar-refractivity contribution in [1.82, 2.24) is 5.32 Å². The predicted octanol–water partition coefficient (Wildman–Crippen LogP) is 4.65. The number of hydrogen-bond acceptors (Lipinski definition) is 19. The standard InChI is InChI=1S/C34H29N5O19.C3H8/c1-52-19-9-20(14-53-33(42)21-4-2-17(36(44)45)7-24(21)38(48)49)56-30(10-19)57-29-12-26(40)23-11-28-27(54-15-55-28)6-16(23)13-35-32(41)31(29)58-34(43)22-5-3-18(37(46)47)8-25(22)39(50)51;1-3-2/h2-8,11,19-20,29-31H,9-10,12-15H2,1H3,(H,35,41);3H2,1-2H3/t19?,20?,29?,30?,31-;/m0./s1. The van der Waals surface area contributed by atoms with Crippen LogP contribution in [0.4, 0.5) is 22.7 Å². The van der Waals surface area contributed by atoms with E-state index in [1.54, 1.807) is 0 Å². The van der Waals surface area contributed by atoms with Gasteiger partial charge in [0, 0.05) is 50.6 Å². The van der Waals surface area contributed by atoms with Crippen LogP contribution in [0.2, 0.25) is 0 Å². The summed E-state index contributed by atoms with van der Waals surface area (Å²) in [5.41, 5.74) is -4.20. The van der Waals surface area contributed by atoms with Gasteiger partial charge in [-0.2, -0.15) is 0 Å². The molecule has 3 aliphatic heterocycles. The largest absolute Gasteiger partial charge is 0.459 e. The lowest BCUT2D eigenvalue weighted by molar-refractivity contribution is -0.394. The zero-order chi connectivity index (χ0) is 44.5. The maximum absolute atomic E-state index is 13.9. The number of fused-ring (bicyclic) bond motifs is 2. The molecule has 0 radical (unpaired) electrons. The molecule has 1 fully saturated rings. The maximum Gasteiger partial charge on any atom is 0.346 e. The molecule has 0 aromatic heterocycles. The Hall–Kier alpha value is -7.18. The fourth-order valence-electron chi connectivity index (χ4n) is 6.34. The molecule has 61 heavy (non-hydrogen) atoms. The van der Waals surface area contributed by atoms with Gasteiger partial charge in [0.05, 0.1) is 44.0 Å². The second kappa shape index (κ2) is 19.7. The van der Waals surface area contributed by atoms with Gasteiger partial charge in [-0.1, -0.05) is 20.3 Å². The summed E-state index contributed by atoms with van der Waals surface area (Å²) >= 11 is 0. The highest BCUT2D eigenvalue weighted by molar-refractivity contribution is 6.01. The summed E-state index contributed by atoms with van der Waals surface area (Å²) in [4.78, 5) is 96.2. The van der Waals surface area contributed by atoms with E-state index in [-0.39, 0.29) is 43.2 Å². The average molecular weight is 856 g/mol. The van der Waals surface area contributed by atoms with E-state index >= 15 is 0 Å². The first kappa shape index (κ1) is 44.9. The van der Waals surface area contributed by atoms with Gasteiger partial charge in [0.1, 0.15) is 23.8 Å². The first-order chi connectivity index (χ1) is 29.0. The van der Waals surface area contributed by atoms with Crippen molar-refractivity contribution in [2.24, 2.45) is 0 Å². The fraction of sp³-hybridized carbons (Fsp3) is 0.405. The summed E-state index contributed by atoms with van der Waals surface area (Å²) in [7, 11) is 1.34. The summed E-state index contributed by atoms with van der Waals surface area (Å²) in [6.07, 6.45) is -6.21. The van der Waals surface area contributed by atoms with E-state index in [0.29, 0.717) is 17.7 Å². The third-order valence-electron chi connectivity index (χ3n) is 9.17. The molecule has 324 valence electrons. The Morgan fingerprint density at radius 1 is 0.803 bits per heavy atom. The van der Waals surface area contributed by atoms with Gasteiger partial charge in [-0.3, -0.25) is 50.0 Å². The molecule has 24 nitrogen and oxygen atoms in total. The molecule has 3 aliphatic rings. The van der Waals surface area contributed by atoms with Gasteiger partial charge in [0.15, 0.2) is 23.6 Å². The normalized spacial score (nSPS) is 20.5. The van der Waals surface area contributed by atoms with Crippen molar-refractivity contribution in [1.29, 1.82) is 0 Å². The highest BCUT2D eigenvalue weighted by atomic mass is 16.7. The van der Waals surface area contributed by atoms with Gasteiger partial charge in [-0.05, 0) is 29.8 Å². The van der Waals surface area contributed by atoms with Gasteiger partial charge in [0.25, 0.3) is 28.7 Å². The quantitative estimate of drug-likeness (QED) is 0.147. The molecule has 6 rings (SSSR count). The number of ketones is 1. The molecule has 0 saturated carbocycles. The third kappa shape index (κ3) is 10.7. The Morgan fingerprint density at radius 3 is 1.93 bits per heavy atom. The molecule has 3 heterocycles. The van der Waals surface area contributed by atoms with Crippen molar-refractivity contribution in [2.45, 2.75) is 76.8 Å². The number of ether oxygens (including phenoxy) is 7. The number of esters is 2. The van der Waals surface area contributed by atoms with Crippen molar-refractivity contribution < 1.29 is 72.0 Å². The average Bonchev–Trinajstić information content (AvgIpc) is 3.71. The highest BCUT2D eigenvalue weighted by Crippen LogP contribution is 2.37. The fourth-order valence-corrected chi connectivity index (χ4v) is 6.34. The zero-order valence-electron chi connectivity index (χ0n) is 32.5. The minimum atomic E-state index is -2.01. The Bertz CT molecular complexity index is 2250. The van der Waals surface area contributed by atoms with Crippen molar-refractivity contribution in [3.63, 3.8) is 0 Å². The van der Waals surface area contributed by atoms with Crippen LogP contribution < -0.4 is 14.8 Å². The molecule has 3 aromatic carbocycles. The van der Waals surface area contributed by atoms with Crippen molar-refractivity contribution in [2.75, 3.05) is 20.5 Å². The summed E-state index contributed by atoms with van der Waals surface area (Å²) in [6.45, 7) is 3.28. The van der Waals surface area contributed by atoms with Crippen LogP contribution >= 0.6 is 0 Å². The molecule has 5 atom stereocenters. The first-order valence-corrected chi connectivity index (χ1v) is 18.4. The molecule has 24 heteroatoms. The number of nitro benzene ring substituents is 4. The molecule has 3 aromatic rings. The number of carbonyl (C=O) groups is 4. The molecular weight excluding hydrogens is 818 g/mol. The molecule has 1 saturated heterocycles. The SMILES string of the molecule is CCC.COC1CC(COC(=O)c2ccc([N+](=O)[O-])cc2[N+](=O)[O-])OC(OC2CC(=O)c3cc4c(cc3CNC(=O)[C@H]2OC(=O)c2ccc([N+](=O)[O-])cc2[N+](=O)[O-])OCO4)C1. The molecular formula is C37H37N5O19. The van der Waals surface area contributed by atoms with Crippen LogP contribution in [0.5, 0.6) is 11.5 Å². The second-order valence-electron chi connectivity index (χ2n) is 13.5. The Morgan fingerprint density at radius 2 is 1.38 bits per heavy atom. The Kier molecular flexibility index (Phi) is 14.5. The molecule has 0 bridgehead atoms. The number of nitrogens with zero attached hydrogens (tertiary/aromatic N) is 4. The van der Waals surface area contributed by atoms with E-state index in [1.165, 1.54) is 25.7 Å². The van der Waals surface area contributed by atoms with E-state index in [1.807, 2.05) is 0 Å². The van der Waals surface area contributed by atoms with E-state index in [2.05, 4.69) is 19.2 Å². The minimum absolute atomic E-state index is 0.0646. The van der Waals surface area contributed by atoms with Crippen LogP contribution in [-0.2, 0) is 35.0 Å². The van der Waals surface area contributed by atoms with Crippen molar-refractivity contribution in [3.05, 3.63) is 111 Å². The lowest BCUT2D eigenvalue weighted by Gasteiger charge is -2.37. The molecule has 1 amide bonds. The topological polar surface area (TPSA) is 317 Å². The van der Waals surface area contributed by atoms with Gasteiger partial charge in [-0.25, -0.2) is 9.59 Å². The number of non-ortho nitro benzene ring substituents is 2. The van der Waals surface area contributed by atoms with E-state index in [9.17, 15) is 59.6 Å². The van der Waals surface area contributed by atoms with Gasteiger partial charge >= 0.3 is 11.9 Å². The molecule has 0 aliphatic carbocycles. The van der Waals surface area contributed by atoms with E-state index in [0.717, 1.165) is 24.3 Å². The van der Waals surface area contributed by atoms with Crippen molar-refractivity contribution in [3.8, 4) is 11.5 Å². The number of rotatable bonds is 12. The second-order valence-corrected chi connectivity index (χ2v) is 13.5.